The van der Waals surface area contributed by atoms with Crippen molar-refractivity contribution in [3.63, 3.8) is 0 Å². The highest BCUT2D eigenvalue weighted by atomic mass is 79.9. The SMILES string of the molecule is COc1ccc(Br)c(C(=O)NCc2ccc(OCC(F)(F)F)cc2)c1. The van der Waals surface area contributed by atoms with Gasteiger partial charge in [-0.2, -0.15) is 13.2 Å². The highest BCUT2D eigenvalue weighted by molar-refractivity contribution is 9.10. The molecule has 1 amide bonds. The lowest BCUT2D eigenvalue weighted by Gasteiger charge is -2.11. The molecule has 2 aromatic rings. The number of carbonyl (C=O) groups excluding carboxylic acids is 1. The summed E-state index contributed by atoms with van der Waals surface area (Å²) in [4.78, 5) is 12.2. The average molecular weight is 418 g/mol. The number of ether oxygens (including phenoxy) is 2. The van der Waals surface area contributed by atoms with Crippen LogP contribution in [0.15, 0.2) is 46.9 Å². The molecule has 0 spiro atoms. The van der Waals surface area contributed by atoms with Crippen molar-refractivity contribution in [3.05, 3.63) is 58.1 Å². The van der Waals surface area contributed by atoms with Crippen LogP contribution in [0.5, 0.6) is 11.5 Å². The third-order valence-corrected chi connectivity index (χ3v) is 3.89. The Balaban J connectivity index is 1.94. The summed E-state index contributed by atoms with van der Waals surface area (Å²) in [6.07, 6.45) is -4.38. The summed E-state index contributed by atoms with van der Waals surface area (Å²) in [6.45, 7) is -1.12. The first-order valence-electron chi connectivity index (χ1n) is 7.19. The Hall–Kier alpha value is -2.22. The fourth-order valence-corrected chi connectivity index (χ4v) is 2.38. The molecule has 0 aliphatic heterocycles. The Morgan fingerprint density at radius 1 is 1.12 bits per heavy atom. The van der Waals surface area contributed by atoms with Crippen LogP contribution in [-0.4, -0.2) is 25.8 Å². The zero-order valence-electron chi connectivity index (χ0n) is 13.2. The van der Waals surface area contributed by atoms with Crippen LogP contribution < -0.4 is 14.8 Å². The summed E-state index contributed by atoms with van der Waals surface area (Å²) < 4.78 is 46.6. The maximum absolute atomic E-state index is 12.2. The van der Waals surface area contributed by atoms with Crippen LogP contribution in [0.1, 0.15) is 15.9 Å². The normalized spacial score (nSPS) is 11.1. The molecule has 0 atom stereocenters. The minimum Gasteiger partial charge on any atom is -0.497 e. The molecule has 1 N–H and O–H groups in total. The van der Waals surface area contributed by atoms with Gasteiger partial charge in [-0.1, -0.05) is 12.1 Å². The zero-order chi connectivity index (χ0) is 18.4. The van der Waals surface area contributed by atoms with E-state index in [2.05, 4.69) is 26.0 Å². The quantitative estimate of drug-likeness (QED) is 0.760. The third kappa shape index (κ3) is 5.97. The molecule has 2 rings (SSSR count). The van der Waals surface area contributed by atoms with Crippen LogP contribution in [0.4, 0.5) is 13.2 Å². The molecule has 134 valence electrons. The number of rotatable bonds is 6. The van der Waals surface area contributed by atoms with E-state index < -0.39 is 12.8 Å². The van der Waals surface area contributed by atoms with Gasteiger partial charge in [-0.15, -0.1) is 0 Å². The van der Waals surface area contributed by atoms with Gasteiger partial charge >= 0.3 is 6.18 Å². The summed E-state index contributed by atoms with van der Waals surface area (Å²) >= 11 is 3.30. The van der Waals surface area contributed by atoms with E-state index in [0.29, 0.717) is 15.8 Å². The summed E-state index contributed by atoms with van der Waals surface area (Å²) in [5, 5.41) is 2.74. The molecule has 0 saturated heterocycles. The van der Waals surface area contributed by atoms with E-state index in [-0.39, 0.29) is 18.2 Å². The number of benzene rings is 2. The van der Waals surface area contributed by atoms with Gasteiger partial charge in [0.15, 0.2) is 6.61 Å². The van der Waals surface area contributed by atoms with Crippen LogP contribution in [0.25, 0.3) is 0 Å². The highest BCUT2D eigenvalue weighted by Gasteiger charge is 2.28. The van der Waals surface area contributed by atoms with Crippen molar-refractivity contribution < 1.29 is 27.4 Å². The number of hydrogen-bond donors (Lipinski definition) is 1. The largest absolute Gasteiger partial charge is 0.497 e. The Bertz CT molecular complexity index is 733. The van der Waals surface area contributed by atoms with E-state index in [1.165, 1.54) is 19.2 Å². The number of nitrogens with one attached hydrogen (secondary N) is 1. The van der Waals surface area contributed by atoms with E-state index in [1.54, 1.807) is 30.3 Å². The predicted molar refractivity (Wildman–Crippen MR) is 89.9 cm³/mol. The molecule has 0 aromatic heterocycles. The number of halogens is 4. The first kappa shape index (κ1) is 19.1. The van der Waals surface area contributed by atoms with Gasteiger partial charge in [0, 0.05) is 11.0 Å². The average Bonchev–Trinajstić information content (AvgIpc) is 2.58. The number of carbonyl (C=O) groups is 1. The summed E-state index contributed by atoms with van der Waals surface area (Å²) in [6, 6.07) is 11.1. The second-order valence-electron chi connectivity index (χ2n) is 5.08. The number of alkyl halides is 3. The number of methoxy groups -OCH3 is 1. The maximum atomic E-state index is 12.2. The van der Waals surface area contributed by atoms with E-state index in [9.17, 15) is 18.0 Å². The van der Waals surface area contributed by atoms with Gasteiger partial charge in [0.2, 0.25) is 0 Å². The minimum absolute atomic E-state index is 0.114. The molecule has 4 nitrogen and oxygen atoms in total. The first-order valence-corrected chi connectivity index (χ1v) is 7.98. The van der Waals surface area contributed by atoms with Gasteiger partial charge in [-0.25, -0.2) is 0 Å². The molecule has 8 heteroatoms. The number of hydrogen-bond acceptors (Lipinski definition) is 3. The fraction of sp³-hybridized carbons (Fsp3) is 0.235. The summed E-state index contributed by atoms with van der Waals surface area (Å²) in [7, 11) is 1.51. The van der Waals surface area contributed by atoms with E-state index in [1.807, 2.05) is 0 Å². The molecule has 0 fully saturated rings. The molecule has 2 aromatic carbocycles. The molecule has 0 saturated carbocycles. The predicted octanol–water partition coefficient (Wildman–Crippen LogP) is 4.33. The van der Waals surface area contributed by atoms with Crippen molar-refractivity contribution >= 4 is 21.8 Å². The van der Waals surface area contributed by atoms with E-state index >= 15 is 0 Å². The lowest BCUT2D eigenvalue weighted by molar-refractivity contribution is -0.153. The van der Waals surface area contributed by atoms with Crippen LogP contribution in [0.2, 0.25) is 0 Å². The lowest BCUT2D eigenvalue weighted by atomic mass is 10.2. The summed E-state index contributed by atoms with van der Waals surface area (Å²) in [5.74, 6) is 0.366. The highest BCUT2D eigenvalue weighted by Crippen LogP contribution is 2.23. The van der Waals surface area contributed by atoms with Crippen molar-refractivity contribution in [2.45, 2.75) is 12.7 Å². The standard InChI is InChI=1S/C17H15BrF3NO3/c1-24-13-6-7-15(18)14(8-13)16(23)22-9-11-2-4-12(5-3-11)25-10-17(19,20)21/h2-8H,9-10H2,1H3,(H,22,23). The zero-order valence-corrected chi connectivity index (χ0v) is 14.8. The molecule has 0 aliphatic rings. The molecular formula is C17H15BrF3NO3. The fourth-order valence-electron chi connectivity index (χ4n) is 1.95. The number of amides is 1. The van der Waals surface area contributed by atoms with Crippen molar-refractivity contribution in [2.75, 3.05) is 13.7 Å². The van der Waals surface area contributed by atoms with Gasteiger partial charge in [-0.05, 0) is 51.8 Å². The topological polar surface area (TPSA) is 47.6 Å². The maximum Gasteiger partial charge on any atom is 0.422 e. The van der Waals surface area contributed by atoms with Crippen molar-refractivity contribution in [3.8, 4) is 11.5 Å². The Morgan fingerprint density at radius 3 is 2.36 bits per heavy atom. The minimum atomic E-state index is -4.38. The van der Waals surface area contributed by atoms with Gasteiger partial charge in [-0.3, -0.25) is 4.79 Å². The Morgan fingerprint density at radius 2 is 1.76 bits per heavy atom. The van der Waals surface area contributed by atoms with Crippen LogP contribution in [0.3, 0.4) is 0 Å². The molecule has 0 heterocycles. The third-order valence-electron chi connectivity index (χ3n) is 3.20. The Labute approximate surface area is 151 Å². The van der Waals surface area contributed by atoms with Crippen LogP contribution in [0, 0.1) is 0 Å². The molecule has 25 heavy (non-hydrogen) atoms. The van der Waals surface area contributed by atoms with Crippen LogP contribution >= 0.6 is 15.9 Å². The molecule has 0 aliphatic carbocycles. The second-order valence-corrected chi connectivity index (χ2v) is 5.93. The van der Waals surface area contributed by atoms with Gasteiger partial charge < -0.3 is 14.8 Å². The molecule has 0 bridgehead atoms. The summed E-state index contributed by atoms with van der Waals surface area (Å²) in [5.41, 5.74) is 1.15. The molecule has 0 unspecified atom stereocenters. The van der Waals surface area contributed by atoms with Gasteiger partial charge in [0.25, 0.3) is 5.91 Å². The van der Waals surface area contributed by atoms with Crippen molar-refractivity contribution in [2.24, 2.45) is 0 Å². The molecular weight excluding hydrogens is 403 g/mol. The van der Waals surface area contributed by atoms with E-state index in [0.717, 1.165) is 5.56 Å². The Kier molecular flexibility index (Phi) is 6.30. The van der Waals surface area contributed by atoms with Crippen molar-refractivity contribution in [1.29, 1.82) is 0 Å². The first-order chi connectivity index (χ1) is 11.8. The van der Waals surface area contributed by atoms with Crippen LogP contribution in [-0.2, 0) is 6.54 Å². The van der Waals surface area contributed by atoms with Crippen molar-refractivity contribution in [1.82, 2.24) is 5.32 Å². The lowest BCUT2D eigenvalue weighted by Crippen LogP contribution is -2.23. The molecule has 0 radical (unpaired) electrons. The van der Waals surface area contributed by atoms with E-state index in [4.69, 9.17) is 4.74 Å². The smallest absolute Gasteiger partial charge is 0.422 e. The second kappa shape index (κ2) is 8.24. The monoisotopic (exact) mass is 417 g/mol. The van der Waals surface area contributed by atoms with Gasteiger partial charge in [0.1, 0.15) is 11.5 Å². The van der Waals surface area contributed by atoms with Gasteiger partial charge in [0.05, 0.1) is 12.7 Å².